The van der Waals surface area contributed by atoms with E-state index in [1.54, 1.807) is 7.11 Å². The van der Waals surface area contributed by atoms with E-state index in [1.807, 2.05) is 18.2 Å². The monoisotopic (exact) mass is 358 g/mol. The second kappa shape index (κ2) is 8.83. The highest BCUT2D eigenvalue weighted by molar-refractivity contribution is 7.80. The van der Waals surface area contributed by atoms with Gasteiger partial charge in [0.2, 0.25) is 0 Å². The molecule has 0 fully saturated rings. The Kier molecular flexibility index (Phi) is 6.79. The number of quaternary nitrogens is 1. The number of anilines is 1. The minimum absolute atomic E-state index is 0.296. The third-order valence-electron chi connectivity index (χ3n) is 4.53. The van der Waals surface area contributed by atoms with Gasteiger partial charge in [0.05, 0.1) is 27.7 Å². The molecule has 0 aliphatic heterocycles. The van der Waals surface area contributed by atoms with Gasteiger partial charge in [0.1, 0.15) is 11.8 Å². The lowest BCUT2D eigenvalue weighted by Gasteiger charge is -2.23. The predicted octanol–water partition coefficient (Wildman–Crippen LogP) is 2.48. The van der Waals surface area contributed by atoms with Crippen LogP contribution in [0.4, 0.5) is 5.69 Å². The molecule has 2 aromatic carbocycles. The van der Waals surface area contributed by atoms with Crippen LogP contribution in [0.5, 0.6) is 5.75 Å². The van der Waals surface area contributed by atoms with E-state index in [2.05, 4.69) is 62.8 Å². The van der Waals surface area contributed by atoms with Crippen LogP contribution in [-0.2, 0) is 0 Å². The zero-order valence-electron chi connectivity index (χ0n) is 15.6. The molecule has 0 radical (unpaired) electrons. The summed E-state index contributed by atoms with van der Waals surface area (Å²) in [7, 11) is 5.98. The highest BCUT2D eigenvalue weighted by atomic mass is 32.1. The molecular weight excluding hydrogens is 330 g/mol. The first kappa shape index (κ1) is 19.2. The molecule has 0 amide bonds. The van der Waals surface area contributed by atoms with E-state index < -0.39 is 0 Å². The summed E-state index contributed by atoms with van der Waals surface area (Å²) >= 11 is 5.48. The van der Waals surface area contributed by atoms with Gasteiger partial charge in [-0.3, -0.25) is 0 Å². The molecule has 3 N–H and O–H groups in total. The minimum Gasteiger partial charge on any atom is -0.497 e. The minimum atomic E-state index is 0.296. The van der Waals surface area contributed by atoms with Gasteiger partial charge in [0, 0.05) is 11.3 Å². The van der Waals surface area contributed by atoms with E-state index in [4.69, 9.17) is 17.0 Å². The average Bonchev–Trinajstić information content (AvgIpc) is 2.59. The van der Waals surface area contributed by atoms with Crippen molar-refractivity contribution in [2.75, 3.05) is 33.1 Å². The molecule has 2 rings (SSSR count). The second-order valence-electron chi connectivity index (χ2n) is 6.49. The highest BCUT2D eigenvalue weighted by Gasteiger charge is 2.18. The van der Waals surface area contributed by atoms with Crippen molar-refractivity contribution < 1.29 is 9.64 Å². The van der Waals surface area contributed by atoms with E-state index in [1.165, 1.54) is 21.6 Å². The van der Waals surface area contributed by atoms with Crippen LogP contribution < -0.4 is 20.3 Å². The normalized spacial score (nSPS) is 11.9. The third-order valence-corrected chi connectivity index (χ3v) is 4.78. The van der Waals surface area contributed by atoms with Crippen LogP contribution in [0.15, 0.2) is 42.5 Å². The van der Waals surface area contributed by atoms with E-state index in [0.29, 0.717) is 11.2 Å². The number of thiocarbonyl (C=S) groups is 1. The van der Waals surface area contributed by atoms with Gasteiger partial charge in [-0.15, -0.1) is 0 Å². The summed E-state index contributed by atoms with van der Waals surface area (Å²) < 4.78 is 5.24. The number of rotatable bonds is 6. The fourth-order valence-corrected chi connectivity index (χ4v) is 2.93. The molecular formula is C20H28N3OS+. The molecule has 0 saturated carbocycles. The van der Waals surface area contributed by atoms with Crippen molar-refractivity contribution in [2.45, 2.75) is 19.9 Å². The third kappa shape index (κ3) is 5.18. The first-order chi connectivity index (χ1) is 11.9. The molecule has 1 atom stereocenters. The Hall–Kier alpha value is -2.11. The molecule has 0 aliphatic rings. The Labute approximate surface area is 156 Å². The highest BCUT2D eigenvalue weighted by Crippen LogP contribution is 2.18. The maximum absolute atomic E-state index is 5.48. The van der Waals surface area contributed by atoms with Gasteiger partial charge in [-0.25, -0.2) is 0 Å². The summed E-state index contributed by atoms with van der Waals surface area (Å²) in [6, 6.07) is 14.7. The number of aryl methyl sites for hydroxylation is 1. The van der Waals surface area contributed by atoms with Gasteiger partial charge >= 0.3 is 0 Å². The molecule has 0 unspecified atom stereocenters. The summed E-state index contributed by atoms with van der Waals surface area (Å²) in [5, 5.41) is 7.31. The lowest BCUT2D eigenvalue weighted by Crippen LogP contribution is -3.07. The lowest BCUT2D eigenvalue weighted by molar-refractivity contribution is -0.890. The molecule has 0 saturated heterocycles. The zero-order chi connectivity index (χ0) is 18.4. The number of hydrogen-bond acceptors (Lipinski definition) is 2. The van der Waals surface area contributed by atoms with Gasteiger partial charge in [0.25, 0.3) is 0 Å². The number of methoxy groups -OCH3 is 1. The van der Waals surface area contributed by atoms with E-state index in [9.17, 15) is 0 Å². The topological polar surface area (TPSA) is 37.7 Å². The van der Waals surface area contributed by atoms with Crippen LogP contribution in [0.2, 0.25) is 0 Å². The summed E-state index contributed by atoms with van der Waals surface area (Å²) in [5.74, 6) is 0.872. The summed E-state index contributed by atoms with van der Waals surface area (Å²) in [4.78, 5) is 1.34. The summed E-state index contributed by atoms with van der Waals surface area (Å²) in [6.45, 7) is 4.96. The molecule has 0 bridgehead atoms. The molecule has 4 nitrogen and oxygen atoms in total. The van der Waals surface area contributed by atoms with Crippen LogP contribution >= 0.6 is 12.2 Å². The first-order valence-corrected chi connectivity index (χ1v) is 8.88. The molecule has 0 heterocycles. The Morgan fingerprint density at radius 3 is 2.40 bits per heavy atom. The quantitative estimate of drug-likeness (QED) is 0.694. The average molecular weight is 359 g/mol. The number of benzene rings is 2. The fraction of sp³-hybridized carbons (Fsp3) is 0.350. The molecule has 0 spiro atoms. The van der Waals surface area contributed by atoms with Crippen molar-refractivity contribution in [1.29, 1.82) is 0 Å². The zero-order valence-corrected chi connectivity index (χ0v) is 16.5. The van der Waals surface area contributed by atoms with Crippen molar-refractivity contribution in [2.24, 2.45) is 0 Å². The largest absolute Gasteiger partial charge is 0.497 e. The molecule has 0 aromatic heterocycles. The second-order valence-corrected chi connectivity index (χ2v) is 6.89. The number of likely N-dealkylation sites (N-methyl/N-ethyl adjacent to an activating group) is 1. The van der Waals surface area contributed by atoms with Crippen LogP contribution in [0, 0.1) is 13.8 Å². The Bertz CT molecular complexity index is 713. The number of ether oxygens (including phenoxy) is 1. The van der Waals surface area contributed by atoms with E-state index in [0.717, 1.165) is 18.0 Å². The van der Waals surface area contributed by atoms with Crippen molar-refractivity contribution in [3.8, 4) is 5.75 Å². The first-order valence-electron chi connectivity index (χ1n) is 8.47. The molecule has 2 aromatic rings. The Balaban J connectivity index is 2.00. The van der Waals surface area contributed by atoms with Crippen LogP contribution in [0.3, 0.4) is 0 Å². The fourth-order valence-electron chi connectivity index (χ4n) is 2.74. The van der Waals surface area contributed by atoms with Gasteiger partial charge in [-0.05, 0) is 67.5 Å². The molecule has 25 heavy (non-hydrogen) atoms. The smallest absolute Gasteiger partial charge is 0.171 e. The maximum atomic E-state index is 5.48. The molecule has 5 heteroatoms. The predicted molar refractivity (Wildman–Crippen MR) is 109 cm³/mol. The summed E-state index contributed by atoms with van der Waals surface area (Å²) in [5.41, 5.74) is 4.77. The van der Waals surface area contributed by atoms with Crippen LogP contribution in [0.1, 0.15) is 22.7 Å². The molecule has 0 aliphatic carbocycles. The Morgan fingerprint density at radius 2 is 1.80 bits per heavy atom. The summed E-state index contributed by atoms with van der Waals surface area (Å²) in [6.07, 6.45) is 0. The van der Waals surface area contributed by atoms with Crippen molar-refractivity contribution in [3.63, 3.8) is 0 Å². The van der Waals surface area contributed by atoms with E-state index >= 15 is 0 Å². The standard InChI is InChI=1S/C20H27N3OS/c1-14-7-6-8-18(15(14)2)22-20(25)21-13-19(23(3)4)16-9-11-17(24-5)12-10-16/h6-12,19H,13H2,1-5H3,(H2,21,22,25)/p+1/t19-/m0/s1. The number of nitrogens with one attached hydrogen (secondary N) is 3. The maximum Gasteiger partial charge on any atom is 0.171 e. The number of hydrogen-bond donors (Lipinski definition) is 3. The van der Waals surface area contributed by atoms with Crippen molar-refractivity contribution in [1.82, 2.24) is 5.32 Å². The van der Waals surface area contributed by atoms with Crippen molar-refractivity contribution in [3.05, 3.63) is 59.2 Å². The van der Waals surface area contributed by atoms with E-state index in [-0.39, 0.29) is 0 Å². The van der Waals surface area contributed by atoms with Crippen molar-refractivity contribution >= 4 is 23.0 Å². The Morgan fingerprint density at radius 1 is 1.12 bits per heavy atom. The van der Waals surface area contributed by atoms with Gasteiger partial charge in [-0.1, -0.05) is 12.1 Å². The van der Waals surface area contributed by atoms with Gasteiger partial charge in [-0.2, -0.15) is 0 Å². The van der Waals surface area contributed by atoms with Gasteiger partial charge < -0.3 is 20.3 Å². The van der Waals surface area contributed by atoms with Crippen LogP contribution in [-0.4, -0.2) is 32.9 Å². The van der Waals surface area contributed by atoms with Crippen LogP contribution in [0.25, 0.3) is 0 Å². The SMILES string of the molecule is COc1ccc([C@H](CNC(=S)Nc2cccc(C)c2C)[NH+](C)C)cc1. The lowest BCUT2D eigenvalue weighted by atomic mass is 10.1. The molecule has 134 valence electrons. The van der Waals surface area contributed by atoms with Gasteiger partial charge in [0.15, 0.2) is 5.11 Å².